The van der Waals surface area contributed by atoms with Gasteiger partial charge in [0.2, 0.25) is 0 Å². The van der Waals surface area contributed by atoms with Crippen LogP contribution in [-0.4, -0.2) is 5.91 Å². The Kier molecular flexibility index (Phi) is 4.32. The monoisotopic (exact) mass is 319 g/mol. The molecule has 1 aliphatic carbocycles. The SMILES string of the molecule is Cc1ccc(NC(=O)c2cc3c(s2)CCCCC3)c(Cl)c1. The predicted molar refractivity (Wildman–Crippen MR) is 89.7 cm³/mol. The molecule has 0 aliphatic heterocycles. The number of benzene rings is 1. The highest BCUT2D eigenvalue weighted by Gasteiger charge is 2.17. The standard InChI is InChI=1S/C17H18ClNOS/c1-11-7-8-14(13(18)9-11)19-17(20)16-10-12-5-3-2-4-6-15(12)21-16/h7-10H,2-6H2,1H3,(H,19,20). The van der Waals surface area contributed by atoms with E-state index in [0.717, 1.165) is 23.3 Å². The Morgan fingerprint density at radius 2 is 2.00 bits per heavy atom. The van der Waals surface area contributed by atoms with Crippen LogP contribution in [0.4, 0.5) is 5.69 Å². The lowest BCUT2D eigenvalue weighted by Crippen LogP contribution is -2.10. The molecule has 0 radical (unpaired) electrons. The highest BCUT2D eigenvalue weighted by atomic mass is 35.5. The summed E-state index contributed by atoms with van der Waals surface area (Å²) in [6, 6.07) is 7.72. The van der Waals surface area contributed by atoms with Crippen molar-refractivity contribution in [3.8, 4) is 0 Å². The minimum Gasteiger partial charge on any atom is -0.320 e. The number of anilines is 1. The average molecular weight is 320 g/mol. The van der Waals surface area contributed by atoms with Gasteiger partial charge in [-0.3, -0.25) is 4.79 Å². The zero-order chi connectivity index (χ0) is 14.8. The van der Waals surface area contributed by atoms with Crippen molar-refractivity contribution in [3.63, 3.8) is 0 Å². The zero-order valence-corrected chi connectivity index (χ0v) is 13.6. The van der Waals surface area contributed by atoms with E-state index in [9.17, 15) is 4.79 Å². The molecule has 21 heavy (non-hydrogen) atoms. The highest BCUT2D eigenvalue weighted by Crippen LogP contribution is 2.30. The van der Waals surface area contributed by atoms with Gasteiger partial charge in [-0.25, -0.2) is 0 Å². The van der Waals surface area contributed by atoms with Crippen LogP contribution in [0.3, 0.4) is 0 Å². The summed E-state index contributed by atoms with van der Waals surface area (Å²) in [5.41, 5.74) is 3.12. The third-order valence-electron chi connectivity index (χ3n) is 3.84. The molecule has 0 saturated carbocycles. The van der Waals surface area contributed by atoms with Gasteiger partial charge in [0.05, 0.1) is 15.6 Å². The minimum atomic E-state index is -0.0566. The first-order chi connectivity index (χ1) is 10.1. The number of aryl methyl sites for hydroxylation is 3. The molecule has 2 nitrogen and oxygen atoms in total. The molecule has 4 heteroatoms. The Morgan fingerprint density at radius 3 is 2.81 bits per heavy atom. The van der Waals surface area contributed by atoms with Crippen LogP contribution in [-0.2, 0) is 12.8 Å². The molecule has 0 unspecified atom stereocenters. The van der Waals surface area contributed by atoms with Gasteiger partial charge in [0, 0.05) is 4.88 Å². The second-order valence-corrected chi connectivity index (χ2v) is 7.10. The Balaban J connectivity index is 1.79. The third kappa shape index (κ3) is 3.30. The number of carbonyl (C=O) groups excluding carboxylic acids is 1. The Morgan fingerprint density at radius 1 is 1.19 bits per heavy atom. The highest BCUT2D eigenvalue weighted by molar-refractivity contribution is 7.14. The number of hydrogen-bond acceptors (Lipinski definition) is 2. The van der Waals surface area contributed by atoms with E-state index in [0.29, 0.717) is 10.7 Å². The van der Waals surface area contributed by atoms with Crippen molar-refractivity contribution in [2.24, 2.45) is 0 Å². The van der Waals surface area contributed by atoms with Gasteiger partial charge in [-0.1, -0.05) is 24.1 Å². The number of fused-ring (bicyclic) bond motifs is 1. The van der Waals surface area contributed by atoms with Crippen molar-refractivity contribution in [1.29, 1.82) is 0 Å². The van der Waals surface area contributed by atoms with Gasteiger partial charge < -0.3 is 5.32 Å². The second kappa shape index (κ2) is 6.20. The van der Waals surface area contributed by atoms with Gasteiger partial charge in [-0.15, -0.1) is 11.3 Å². The van der Waals surface area contributed by atoms with Crippen molar-refractivity contribution >= 4 is 34.5 Å². The van der Waals surface area contributed by atoms with Crippen LogP contribution in [0, 0.1) is 6.92 Å². The largest absolute Gasteiger partial charge is 0.320 e. The molecule has 0 fully saturated rings. The van der Waals surface area contributed by atoms with Gasteiger partial charge in [-0.2, -0.15) is 0 Å². The molecule has 1 heterocycles. The van der Waals surface area contributed by atoms with E-state index in [-0.39, 0.29) is 5.91 Å². The number of halogens is 1. The maximum absolute atomic E-state index is 12.4. The van der Waals surface area contributed by atoms with Gasteiger partial charge in [0.1, 0.15) is 0 Å². The van der Waals surface area contributed by atoms with Crippen LogP contribution >= 0.6 is 22.9 Å². The second-order valence-electron chi connectivity index (χ2n) is 5.56. The van der Waals surface area contributed by atoms with Crippen molar-refractivity contribution in [1.82, 2.24) is 0 Å². The molecule has 1 aliphatic rings. The van der Waals surface area contributed by atoms with Crippen LogP contribution in [0.15, 0.2) is 24.3 Å². The van der Waals surface area contributed by atoms with E-state index in [1.165, 1.54) is 29.7 Å². The third-order valence-corrected chi connectivity index (χ3v) is 5.39. The molecule has 0 bridgehead atoms. The number of carbonyl (C=O) groups is 1. The van der Waals surface area contributed by atoms with Crippen LogP contribution in [0.5, 0.6) is 0 Å². The van der Waals surface area contributed by atoms with E-state index < -0.39 is 0 Å². The first-order valence-electron chi connectivity index (χ1n) is 7.32. The van der Waals surface area contributed by atoms with Gasteiger partial charge >= 0.3 is 0 Å². The lowest BCUT2D eigenvalue weighted by atomic mass is 10.1. The van der Waals surface area contributed by atoms with Crippen LogP contribution < -0.4 is 5.32 Å². The van der Waals surface area contributed by atoms with E-state index in [1.54, 1.807) is 11.3 Å². The maximum atomic E-state index is 12.4. The van der Waals surface area contributed by atoms with Crippen molar-refractivity contribution in [2.75, 3.05) is 5.32 Å². The van der Waals surface area contributed by atoms with E-state index in [4.69, 9.17) is 11.6 Å². The van der Waals surface area contributed by atoms with Crippen molar-refractivity contribution in [3.05, 3.63) is 50.2 Å². The lowest BCUT2D eigenvalue weighted by Gasteiger charge is -2.06. The molecular weight excluding hydrogens is 302 g/mol. The summed E-state index contributed by atoms with van der Waals surface area (Å²) in [6.45, 7) is 1.98. The summed E-state index contributed by atoms with van der Waals surface area (Å²) in [6.07, 6.45) is 5.97. The van der Waals surface area contributed by atoms with Crippen LogP contribution in [0.1, 0.15) is 44.9 Å². The molecule has 0 saturated heterocycles. The van der Waals surface area contributed by atoms with Gasteiger partial charge in [0.25, 0.3) is 5.91 Å². The number of thiophene rings is 1. The van der Waals surface area contributed by atoms with E-state index in [2.05, 4.69) is 11.4 Å². The summed E-state index contributed by atoms with van der Waals surface area (Å²) in [7, 11) is 0. The molecule has 1 N–H and O–H groups in total. The van der Waals surface area contributed by atoms with Crippen molar-refractivity contribution in [2.45, 2.75) is 39.0 Å². The number of hydrogen-bond donors (Lipinski definition) is 1. The molecule has 1 aromatic heterocycles. The van der Waals surface area contributed by atoms with E-state index in [1.807, 2.05) is 25.1 Å². The molecule has 3 rings (SSSR count). The number of rotatable bonds is 2. The molecule has 0 atom stereocenters. The van der Waals surface area contributed by atoms with E-state index >= 15 is 0 Å². The zero-order valence-electron chi connectivity index (χ0n) is 12.0. The number of nitrogens with one attached hydrogen (secondary N) is 1. The molecule has 2 aromatic rings. The van der Waals surface area contributed by atoms with Gasteiger partial charge in [0.15, 0.2) is 0 Å². The molecule has 1 amide bonds. The Labute approximate surface area is 134 Å². The summed E-state index contributed by atoms with van der Waals surface area (Å²) in [4.78, 5) is 14.6. The fraction of sp³-hybridized carbons (Fsp3) is 0.353. The Bertz CT molecular complexity index is 654. The van der Waals surface area contributed by atoms with Crippen molar-refractivity contribution < 1.29 is 4.79 Å². The minimum absolute atomic E-state index is 0.0566. The van der Waals surface area contributed by atoms with Gasteiger partial charge in [-0.05, 0) is 61.9 Å². The topological polar surface area (TPSA) is 29.1 Å². The summed E-state index contributed by atoms with van der Waals surface area (Å²) < 4.78 is 0. The van der Waals surface area contributed by atoms with Crippen LogP contribution in [0.2, 0.25) is 5.02 Å². The quantitative estimate of drug-likeness (QED) is 0.754. The molecule has 0 spiro atoms. The summed E-state index contributed by atoms with van der Waals surface area (Å²) in [5.74, 6) is -0.0566. The summed E-state index contributed by atoms with van der Waals surface area (Å²) in [5, 5.41) is 3.50. The normalized spacial score (nSPS) is 14.4. The summed E-state index contributed by atoms with van der Waals surface area (Å²) >= 11 is 7.80. The first-order valence-corrected chi connectivity index (χ1v) is 8.52. The maximum Gasteiger partial charge on any atom is 0.265 e. The fourth-order valence-electron chi connectivity index (χ4n) is 2.68. The Hall–Kier alpha value is -1.32. The molecule has 1 aromatic carbocycles. The first kappa shape index (κ1) is 14.6. The predicted octanol–water partition coefficient (Wildman–Crippen LogP) is 5.23. The average Bonchev–Trinajstić information content (AvgIpc) is 2.73. The molecule has 110 valence electrons. The molecular formula is C17H18ClNOS. The smallest absolute Gasteiger partial charge is 0.265 e. The lowest BCUT2D eigenvalue weighted by molar-refractivity contribution is 0.103. The van der Waals surface area contributed by atoms with Crippen LogP contribution in [0.25, 0.3) is 0 Å². The fourth-order valence-corrected chi connectivity index (χ4v) is 4.12. The number of amides is 1.